The van der Waals surface area contributed by atoms with Crippen LogP contribution in [0, 0.1) is 11.8 Å². The third-order valence-electron chi connectivity index (χ3n) is 8.36. The molecule has 2 heterocycles. The molecule has 0 spiro atoms. The van der Waals surface area contributed by atoms with Crippen LogP contribution in [-0.2, 0) is 29.1 Å². The minimum absolute atomic E-state index is 0.217. The van der Waals surface area contributed by atoms with Crippen molar-refractivity contribution < 1.29 is 9.59 Å². The molecule has 0 aliphatic heterocycles. The van der Waals surface area contributed by atoms with E-state index in [0.29, 0.717) is 31.2 Å². The van der Waals surface area contributed by atoms with Gasteiger partial charge in [0.25, 0.3) is 0 Å². The average molecular weight is 753 g/mol. The van der Waals surface area contributed by atoms with Gasteiger partial charge in [0.2, 0.25) is 5.91 Å². The second-order valence-electron chi connectivity index (χ2n) is 14.2. The van der Waals surface area contributed by atoms with E-state index in [1.807, 2.05) is 37.2 Å². The molecule has 0 atom stereocenters. The molecule has 0 saturated heterocycles. The number of aldehydes is 1. The van der Waals surface area contributed by atoms with Gasteiger partial charge in [-0.05, 0) is 72.5 Å². The molecule has 5 aromatic rings. The van der Waals surface area contributed by atoms with Crippen LogP contribution in [0.3, 0.4) is 0 Å². The van der Waals surface area contributed by atoms with Gasteiger partial charge in [-0.3, -0.25) is 9.69 Å². The van der Waals surface area contributed by atoms with E-state index in [4.69, 9.17) is 0 Å². The van der Waals surface area contributed by atoms with Crippen molar-refractivity contribution >= 4 is 34.9 Å². The van der Waals surface area contributed by atoms with Crippen molar-refractivity contribution in [1.29, 1.82) is 0 Å². The van der Waals surface area contributed by atoms with Crippen molar-refractivity contribution in [2.24, 2.45) is 11.8 Å². The maximum atomic E-state index is 12.7. The van der Waals surface area contributed by atoms with Crippen LogP contribution in [-0.4, -0.2) is 52.1 Å². The number of aromatic nitrogens is 2. The number of hydrogen-bond donors (Lipinski definition) is 0. The van der Waals surface area contributed by atoms with Gasteiger partial charge >= 0.3 is 0 Å². The molecule has 8 heteroatoms. The summed E-state index contributed by atoms with van der Waals surface area (Å²) in [5.41, 5.74) is 6.15. The Labute approximate surface area is 327 Å². The summed E-state index contributed by atoms with van der Waals surface area (Å²) in [6, 6.07) is 27.9. The molecule has 0 N–H and O–H groups in total. The smallest absolute Gasteiger partial charge is 0.223 e. The minimum Gasteiger partial charge on any atom is -0.336 e. The Balaban J connectivity index is 0.000000452. The Hall–Kier alpha value is -3.98. The molecule has 5 rings (SSSR count). The Morgan fingerprint density at radius 3 is 1.57 bits per heavy atom. The third kappa shape index (κ3) is 15.5. The molecule has 53 heavy (non-hydrogen) atoms. The lowest BCUT2D eigenvalue weighted by Crippen LogP contribution is -2.31. The van der Waals surface area contributed by atoms with E-state index in [-0.39, 0.29) is 5.91 Å². The van der Waals surface area contributed by atoms with Gasteiger partial charge in [0.05, 0.1) is 22.8 Å². The molecule has 0 aliphatic carbocycles. The highest BCUT2D eigenvalue weighted by atomic mass is 32.1. The van der Waals surface area contributed by atoms with E-state index in [0.717, 1.165) is 65.6 Å². The lowest BCUT2D eigenvalue weighted by molar-refractivity contribution is -0.132. The molecular weight excluding hydrogens is 693 g/mol. The number of nitrogens with zero attached hydrogens (tertiary/aromatic N) is 4. The van der Waals surface area contributed by atoms with Gasteiger partial charge < -0.3 is 9.69 Å². The van der Waals surface area contributed by atoms with Crippen LogP contribution in [0.5, 0.6) is 0 Å². The molecule has 0 radical (unpaired) electrons. The van der Waals surface area contributed by atoms with Gasteiger partial charge in [-0.1, -0.05) is 127 Å². The quantitative estimate of drug-likeness (QED) is 0.0939. The van der Waals surface area contributed by atoms with Gasteiger partial charge in [0.15, 0.2) is 0 Å². The standard InChI is InChI=1S/C32H40N4OS2.C8H10.C5H10O/c1-6-16-35(5)21-30-33-19-28(38-30)26-12-8-24(9-13-26)25-10-14-27(15-11-25)29-20-34-31(39-29)22-36(17-7-2)32(37)18-23(3)4;1-2-8-6-4-3-5-7-8;1-5(2)3-4-6/h8-15,19-20,23H,6-7,16-18,21-22H2,1-5H3;3-7H,2H2,1H3;4-5H,3H2,1-2H3. The number of thiazole rings is 2. The van der Waals surface area contributed by atoms with Crippen molar-refractivity contribution in [1.82, 2.24) is 19.8 Å². The van der Waals surface area contributed by atoms with Crippen LogP contribution in [0.25, 0.3) is 32.0 Å². The van der Waals surface area contributed by atoms with Crippen molar-refractivity contribution in [2.75, 3.05) is 20.1 Å². The molecule has 0 aliphatic rings. The number of carbonyl (C=O) groups excluding carboxylic acids is 2. The van der Waals surface area contributed by atoms with Gasteiger partial charge in [0, 0.05) is 31.8 Å². The predicted molar refractivity (Wildman–Crippen MR) is 227 cm³/mol. The normalized spacial score (nSPS) is 10.8. The zero-order valence-electron chi connectivity index (χ0n) is 33.2. The highest BCUT2D eigenvalue weighted by Crippen LogP contribution is 2.32. The fourth-order valence-corrected chi connectivity index (χ4v) is 7.43. The van der Waals surface area contributed by atoms with E-state index in [1.165, 1.54) is 27.1 Å². The molecule has 0 saturated carbocycles. The Morgan fingerprint density at radius 1 is 0.679 bits per heavy atom. The van der Waals surface area contributed by atoms with Crippen LogP contribution in [0.4, 0.5) is 0 Å². The second-order valence-corrected chi connectivity index (χ2v) is 16.4. The van der Waals surface area contributed by atoms with Crippen molar-refractivity contribution in [3.8, 4) is 32.0 Å². The van der Waals surface area contributed by atoms with E-state index in [2.05, 4.69) is 129 Å². The molecule has 0 fully saturated rings. The van der Waals surface area contributed by atoms with Crippen LogP contribution < -0.4 is 0 Å². The number of hydrogen-bond acceptors (Lipinski definition) is 7. The first kappa shape index (κ1) is 43.4. The van der Waals surface area contributed by atoms with Crippen LogP contribution in [0.1, 0.15) is 89.7 Å². The van der Waals surface area contributed by atoms with Crippen molar-refractivity contribution in [2.45, 2.75) is 93.7 Å². The SMILES string of the molecule is CC(C)CC=O.CCCN(C)Cc1ncc(-c2ccc(-c3ccc(-c4cnc(CN(CCC)C(=O)CC(C)C)s4)cc3)cc2)s1.CCc1ccccc1. The average Bonchev–Trinajstić information content (AvgIpc) is 3.82. The number of rotatable bonds is 16. The fourth-order valence-electron chi connectivity index (χ4n) is 5.49. The van der Waals surface area contributed by atoms with Gasteiger partial charge in [-0.25, -0.2) is 9.97 Å². The van der Waals surface area contributed by atoms with E-state index in [9.17, 15) is 9.59 Å². The largest absolute Gasteiger partial charge is 0.336 e. The van der Waals surface area contributed by atoms with Crippen LogP contribution in [0.15, 0.2) is 91.3 Å². The summed E-state index contributed by atoms with van der Waals surface area (Å²) < 4.78 is 0. The highest BCUT2D eigenvalue weighted by molar-refractivity contribution is 7.15. The number of aryl methyl sites for hydroxylation is 1. The topological polar surface area (TPSA) is 66.4 Å². The summed E-state index contributed by atoms with van der Waals surface area (Å²) in [7, 11) is 2.15. The number of carbonyl (C=O) groups is 2. The number of amides is 1. The molecule has 6 nitrogen and oxygen atoms in total. The molecule has 0 bridgehead atoms. The molecule has 0 unspecified atom stereocenters. The lowest BCUT2D eigenvalue weighted by Gasteiger charge is -2.22. The zero-order valence-corrected chi connectivity index (χ0v) is 34.8. The lowest BCUT2D eigenvalue weighted by atomic mass is 10.0. The van der Waals surface area contributed by atoms with E-state index < -0.39 is 0 Å². The predicted octanol–water partition coefficient (Wildman–Crippen LogP) is 11.7. The van der Waals surface area contributed by atoms with Gasteiger partial charge in [-0.15, -0.1) is 22.7 Å². The molecule has 2 aromatic heterocycles. The maximum absolute atomic E-state index is 12.7. The molecule has 1 amide bonds. The zero-order chi connectivity index (χ0) is 38.6. The van der Waals surface area contributed by atoms with E-state index in [1.54, 1.807) is 22.7 Å². The fraction of sp³-hybridized carbons (Fsp3) is 0.422. The summed E-state index contributed by atoms with van der Waals surface area (Å²) in [5, 5.41) is 2.14. The number of benzene rings is 3. The minimum atomic E-state index is 0.217. The summed E-state index contributed by atoms with van der Waals surface area (Å²) >= 11 is 3.45. The molecule has 3 aromatic carbocycles. The first-order chi connectivity index (χ1) is 25.6. The van der Waals surface area contributed by atoms with Crippen molar-refractivity contribution in [3.05, 3.63) is 107 Å². The van der Waals surface area contributed by atoms with Crippen LogP contribution in [0.2, 0.25) is 0 Å². The monoisotopic (exact) mass is 752 g/mol. The maximum Gasteiger partial charge on any atom is 0.223 e. The Morgan fingerprint density at radius 2 is 1.17 bits per heavy atom. The first-order valence-corrected chi connectivity index (χ1v) is 20.7. The highest BCUT2D eigenvalue weighted by Gasteiger charge is 2.17. The summed E-state index contributed by atoms with van der Waals surface area (Å²) in [5.74, 6) is 1.11. The third-order valence-corrected chi connectivity index (χ3v) is 10.4. The summed E-state index contributed by atoms with van der Waals surface area (Å²) in [6.07, 6.45) is 9.40. The Kier molecular flexibility index (Phi) is 19.4. The first-order valence-electron chi connectivity index (χ1n) is 19.1. The van der Waals surface area contributed by atoms with Crippen molar-refractivity contribution in [3.63, 3.8) is 0 Å². The Bertz CT molecular complexity index is 1750. The summed E-state index contributed by atoms with van der Waals surface area (Å²) in [6.45, 7) is 18.1. The second kappa shape index (κ2) is 23.6. The molecular formula is C45H60N4O2S2. The molecule has 284 valence electrons. The van der Waals surface area contributed by atoms with Gasteiger partial charge in [-0.2, -0.15) is 0 Å². The van der Waals surface area contributed by atoms with Crippen LogP contribution >= 0.6 is 22.7 Å². The summed E-state index contributed by atoms with van der Waals surface area (Å²) in [4.78, 5) is 38.2. The van der Waals surface area contributed by atoms with E-state index >= 15 is 0 Å². The van der Waals surface area contributed by atoms with Gasteiger partial charge in [0.1, 0.15) is 16.3 Å².